The summed E-state index contributed by atoms with van der Waals surface area (Å²) in [5.74, 6) is -1.73. The highest BCUT2D eigenvalue weighted by Crippen LogP contribution is 2.29. The van der Waals surface area contributed by atoms with Crippen molar-refractivity contribution in [1.29, 1.82) is 0 Å². The van der Waals surface area contributed by atoms with E-state index < -0.39 is 18.0 Å². The molecule has 140 valence electrons. The molecular formula is C19H19N3O5. The van der Waals surface area contributed by atoms with Gasteiger partial charge >= 0.3 is 5.97 Å². The van der Waals surface area contributed by atoms with Crippen LogP contribution in [0.15, 0.2) is 36.5 Å². The third-order valence-corrected chi connectivity index (χ3v) is 4.29. The van der Waals surface area contributed by atoms with E-state index in [-0.39, 0.29) is 23.9 Å². The fourth-order valence-electron chi connectivity index (χ4n) is 2.88. The number of esters is 1. The first-order valence-corrected chi connectivity index (χ1v) is 8.36. The average Bonchev–Trinajstić information content (AvgIpc) is 3.02. The van der Waals surface area contributed by atoms with E-state index in [1.54, 1.807) is 31.3 Å². The number of hydrogen-bond donors (Lipinski definition) is 1. The first kappa shape index (κ1) is 18.4. The molecule has 2 amide bonds. The summed E-state index contributed by atoms with van der Waals surface area (Å²) in [5, 5.41) is 2.70. The van der Waals surface area contributed by atoms with Gasteiger partial charge in [0.2, 0.25) is 5.91 Å². The highest BCUT2D eigenvalue weighted by Gasteiger charge is 2.32. The number of aryl methyl sites for hydroxylation is 1. The topological polar surface area (TPSA) is 97.7 Å². The van der Waals surface area contributed by atoms with E-state index in [2.05, 4.69) is 5.32 Å². The number of Topliss-reactive ketones (excluding diaryl/α,β-unsaturated/α-hetero) is 1. The number of carbonyl (C=O) groups excluding carboxylic acids is 4. The molecule has 0 saturated heterocycles. The molecule has 8 nitrogen and oxygen atoms in total. The Hall–Kier alpha value is -3.42. The van der Waals surface area contributed by atoms with Gasteiger partial charge in [-0.05, 0) is 32.0 Å². The lowest BCUT2D eigenvalue weighted by Crippen LogP contribution is -2.47. The highest BCUT2D eigenvalue weighted by molar-refractivity contribution is 6.11. The number of ketones is 1. The predicted molar refractivity (Wildman–Crippen MR) is 97.7 cm³/mol. The van der Waals surface area contributed by atoms with Gasteiger partial charge in [-0.15, -0.1) is 0 Å². The largest absolute Gasteiger partial charge is 0.448 e. The van der Waals surface area contributed by atoms with Crippen molar-refractivity contribution in [2.45, 2.75) is 20.0 Å². The summed E-state index contributed by atoms with van der Waals surface area (Å²) < 4.78 is 6.75. The average molecular weight is 369 g/mol. The van der Waals surface area contributed by atoms with Crippen LogP contribution in [0.3, 0.4) is 0 Å². The molecule has 0 spiro atoms. The molecular weight excluding hydrogens is 350 g/mol. The van der Waals surface area contributed by atoms with Crippen molar-refractivity contribution in [2.24, 2.45) is 7.05 Å². The molecule has 1 aliphatic heterocycles. The second kappa shape index (κ2) is 7.06. The van der Waals surface area contributed by atoms with Crippen molar-refractivity contribution in [3.8, 4) is 0 Å². The van der Waals surface area contributed by atoms with Crippen molar-refractivity contribution in [1.82, 2.24) is 4.57 Å². The number of carbonyl (C=O) groups is 4. The second-order valence-corrected chi connectivity index (χ2v) is 6.32. The van der Waals surface area contributed by atoms with Gasteiger partial charge in [-0.25, -0.2) is 4.79 Å². The van der Waals surface area contributed by atoms with Gasteiger partial charge in [0.25, 0.3) is 5.91 Å². The molecule has 0 saturated carbocycles. The Bertz CT molecular complexity index is 947. The Balaban J connectivity index is 1.77. The van der Waals surface area contributed by atoms with Crippen LogP contribution >= 0.6 is 0 Å². The normalized spacial score (nSPS) is 14.2. The van der Waals surface area contributed by atoms with Crippen molar-refractivity contribution < 1.29 is 23.9 Å². The number of nitrogens with zero attached hydrogens (tertiary/aromatic N) is 2. The molecule has 0 aliphatic carbocycles. The maximum atomic E-state index is 12.8. The summed E-state index contributed by atoms with van der Waals surface area (Å²) in [6.07, 6.45) is 0.420. The predicted octanol–water partition coefficient (Wildman–Crippen LogP) is 1.76. The van der Waals surface area contributed by atoms with Crippen LogP contribution in [0.4, 0.5) is 11.4 Å². The van der Waals surface area contributed by atoms with E-state index in [0.717, 1.165) is 0 Å². The number of fused-ring (bicyclic) bond motifs is 1. The Labute approximate surface area is 155 Å². The number of para-hydroxylation sites is 2. The summed E-state index contributed by atoms with van der Waals surface area (Å²) in [6, 6.07) is 8.32. The molecule has 8 heteroatoms. The zero-order valence-electron chi connectivity index (χ0n) is 15.2. The molecule has 1 atom stereocenters. The van der Waals surface area contributed by atoms with Crippen LogP contribution in [-0.4, -0.2) is 40.8 Å². The molecule has 0 fully saturated rings. The maximum absolute atomic E-state index is 12.8. The smallest absolute Gasteiger partial charge is 0.355 e. The number of hydrogen-bond acceptors (Lipinski definition) is 5. The van der Waals surface area contributed by atoms with Gasteiger partial charge in [0.05, 0.1) is 11.4 Å². The van der Waals surface area contributed by atoms with Crippen molar-refractivity contribution in [2.75, 3.05) is 16.8 Å². The molecule has 0 unspecified atom stereocenters. The van der Waals surface area contributed by atoms with Crippen LogP contribution < -0.4 is 10.2 Å². The molecule has 1 N–H and O–H groups in total. The number of amides is 2. The SMILES string of the molecule is CC(=O)c1cc(C(=O)O[C@H](C)C(=O)N2CC(=O)Nc3ccccc32)n(C)c1. The van der Waals surface area contributed by atoms with E-state index in [4.69, 9.17) is 4.74 Å². The molecule has 1 aromatic heterocycles. The Morgan fingerprint density at radius 1 is 1.22 bits per heavy atom. The first-order chi connectivity index (χ1) is 12.8. The number of rotatable bonds is 4. The van der Waals surface area contributed by atoms with E-state index in [1.165, 1.54) is 35.6 Å². The standard InChI is InChI=1S/C19H19N3O5/c1-11(23)13-8-16(21(3)9-13)19(26)27-12(2)18(25)22-10-17(24)20-14-6-4-5-7-15(14)22/h4-9,12H,10H2,1-3H3,(H,20,24)/t12-/m1/s1. The molecule has 1 aromatic carbocycles. The fraction of sp³-hybridized carbons (Fsp3) is 0.263. The summed E-state index contributed by atoms with van der Waals surface area (Å²) >= 11 is 0. The van der Waals surface area contributed by atoms with Crippen LogP contribution in [0.2, 0.25) is 0 Å². The number of nitrogens with one attached hydrogen (secondary N) is 1. The second-order valence-electron chi connectivity index (χ2n) is 6.32. The van der Waals surface area contributed by atoms with Crippen LogP contribution in [0.5, 0.6) is 0 Å². The summed E-state index contributed by atoms with van der Waals surface area (Å²) in [4.78, 5) is 49.8. The van der Waals surface area contributed by atoms with Crippen LogP contribution in [0, 0.1) is 0 Å². The van der Waals surface area contributed by atoms with E-state index in [9.17, 15) is 19.2 Å². The lowest BCUT2D eigenvalue weighted by atomic mass is 10.1. The van der Waals surface area contributed by atoms with E-state index in [1.807, 2.05) is 0 Å². The summed E-state index contributed by atoms with van der Waals surface area (Å²) in [5.41, 5.74) is 1.61. The quantitative estimate of drug-likeness (QED) is 0.654. The van der Waals surface area contributed by atoms with Gasteiger partial charge in [0.15, 0.2) is 11.9 Å². The minimum absolute atomic E-state index is 0.156. The number of ether oxygens (including phenoxy) is 1. The third-order valence-electron chi connectivity index (χ3n) is 4.29. The minimum Gasteiger partial charge on any atom is -0.448 e. The van der Waals surface area contributed by atoms with Gasteiger partial charge in [-0.2, -0.15) is 0 Å². The fourth-order valence-corrected chi connectivity index (χ4v) is 2.88. The van der Waals surface area contributed by atoms with Crippen molar-refractivity contribution >= 4 is 34.9 Å². The molecule has 2 heterocycles. The van der Waals surface area contributed by atoms with Gasteiger partial charge in [-0.3, -0.25) is 19.3 Å². The minimum atomic E-state index is -1.10. The number of anilines is 2. The monoisotopic (exact) mass is 369 g/mol. The van der Waals surface area contributed by atoms with Crippen molar-refractivity contribution in [3.05, 3.63) is 47.8 Å². The summed E-state index contributed by atoms with van der Waals surface area (Å²) in [7, 11) is 1.61. The third kappa shape index (κ3) is 3.59. The zero-order chi connectivity index (χ0) is 19.7. The van der Waals surface area contributed by atoms with Crippen LogP contribution in [0.25, 0.3) is 0 Å². The molecule has 3 rings (SSSR count). The molecule has 0 radical (unpaired) electrons. The maximum Gasteiger partial charge on any atom is 0.355 e. The molecule has 2 aromatic rings. The van der Waals surface area contributed by atoms with Crippen LogP contribution in [0.1, 0.15) is 34.7 Å². The highest BCUT2D eigenvalue weighted by atomic mass is 16.5. The van der Waals surface area contributed by atoms with Gasteiger partial charge in [0.1, 0.15) is 12.2 Å². The number of aromatic nitrogens is 1. The summed E-state index contributed by atoms with van der Waals surface area (Å²) in [6.45, 7) is 2.69. The first-order valence-electron chi connectivity index (χ1n) is 8.36. The van der Waals surface area contributed by atoms with Crippen molar-refractivity contribution in [3.63, 3.8) is 0 Å². The Morgan fingerprint density at radius 3 is 2.59 bits per heavy atom. The molecule has 1 aliphatic rings. The Morgan fingerprint density at radius 2 is 1.93 bits per heavy atom. The number of benzene rings is 1. The zero-order valence-corrected chi connectivity index (χ0v) is 15.2. The van der Waals surface area contributed by atoms with Crippen LogP contribution in [-0.2, 0) is 21.4 Å². The lowest BCUT2D eigenvalue weighted by molar-refractivity contribution is -0.128. The van der Waals surface area contributed by atoms with Gasteiger partial charge in [-0.1, -0.05) is 12.1 Å². The van der Waals surface area contributed by atoms with E-state index in [0.29, 0.717) is 16.9 Å². The van der Waals surface area contributed by atoms with Gasteiger partial charge < -0.3 is 14.6 Å². The Kier molecular flexibility index (Phi) is 4.81. The molecule has 27 heavy (non-hydrogen) atoms. The molecule has 0 bridgehead atoms. The van der Waals surface area contributed by atoms with Gasteiger partial charge in [0, 0.05) is 18.8 Å². The van der Waals surface area contributed by atoms with E-state index >= 15 is 0 Å². The lowest BCUT2D eigenvalue weighted by Gasteiger charge is -2.30.